The summed E-state index contributed by atoms with van der Waals surface area (Å²) in [5.41, 5.74) is 1.73. The summed E-state index contributed by atoms with van der Waals surface area (Å²) >= 11 is 1.63. The van der Waals surface area contributed by atoms with Gasteiger partial charge in [-0.2, -0.15) is 0 Å². The van der Waals surface area contributed by atoms with Crippen molar-refractivity contribution in [3.63, 3.8) is 0 Å². The molecule has 156 valence electrons. The second-order valence-electron chi connectivity index (χ2n) is 8.29. The third-order valence-electron chi connectivity index (χ3n) is 4.67. The molecular weight excluding hydrogens is 386 g/mol. The van der Waals surface area contributed by atoms with Crippen molar-refractivity contribution < 1.29 is 14.3 Å². The maximum absolute atomic E-state index is 12.5. The first-order valence-electron chi connectivity index (χ1n) is 9.74. The van der Waals surface area contributed by atoms with Gasteiger partial charge in [0.25, 0.3) is 0 Å². The molecule has 0 aliphatic carbocycles. The average molecular weight is 416 g/mol. The quantitative estimate of drug-likeness (QED) is 0.800. The van der Waals surface area contributed by atoms with Gasteiger partial charge in [0.05, 0.1) is 5.75 Å². The molecule has 1 N–H and O–H groups in total. The molecule has 1 unspecified atom stereocenters. The van der Waals surface area contributed by atoms with Crippen LogP contribution in [0.3, 0.4) is 0 Å². The molecule has 6 nitrogen and oxygen atoms in total. The van der Waals surface area contributed by atoms with Crippen molar-refractivity contribution in [1.82, 2.24) is 10.2 Å². The summed E-state index contributed by atoms with van der Waals surface area (Å²) < 4.78 is 5.27. The molecule has 0 bridgehead atoms. The minimum atomic E-state index is -0.543. The topological polar surface area (TPSA) is 61.9 Å². The van der Waals surface area contributed by atoms with Gasteiger partial charge < -0.3 is 19.9 Å². The summed E-state index contributed by atoms with van der Waals surface area (Å²) in [5, 5.41) is 5.00. The van der Waals surface area contributed by atoms with E-state index in [4.69, 9.17) is 4.74 Å². The standard InChI is InChI=1S/C22H29N3O3S/c1-22(2,3)28-21(27)23-12-13-25-19(26)14-29-20(25)17-10-11-18(24(4)5)16-9-7-6-8-15(16)17/h6-11,20H,12-14H2,1-5H3,(H,23,27). The van der Waals surface area contributed by atoms with Crippen LogP contribution in [-0.4, -0.2) is 55.4 Å². The number of thioether (sulfide) groups is 1. The van der Waals surface area contributed by atoms with E-state index in [1.165, 1.54) is 5.39 Å². The lowest BCUT2D eigenvalue weighted by atomic mass is 10.0. The van der Waals surface area contributed by atoms with Crippen molar-refractivity contribution in [2.45, 2.75) is 31.7 Å². The van der Waals surface area contributed by atoms with Crippen molar-refractivity contribution in [2.24, 2.45) is 0 Å². The number of anilines is 1. The van der Waals surface area contributed by atoms with Gasteiger partial charge in [-0.25, -0.2) is 4.79 Å². The van der Waals surface area contributed by atoms with Crippen molar-refractivity contribution in [3.8, 4) is 0 Å². The molecule has 0 spiro atoms. The Labute approximate surface area is 176 Å². The van der Waals surface area contributed by atoms with Crippen LogP contribution in [0.4, 0.5) is 10.5 Å². The monoisotopic (exact) mass is 415 g/mol. The van der Waals surface area contributed by atoms with E-state index in [0.29, 0.717) is 18.8 Å². The summed E-state index contributed by atoms with van der Waals surface area (Å²) in [6, 6.07) is 12.5. The second-order valence-corrected chi connectivity index (χ2v) is 9.36. The molecule has 3 rings (SSSR count). The normalized spacial score (nSPS) is 16.9. The van der Waals surface area contributed by atoms with Gasteiger partial charge in [-0.15, -0.1) is 11.8 Å². The van der Waals surface area contributed by atoms with E-state index in [-0.39, 0.29) is 11.3 Å². The maximum Gasteiger partial charge on any atom is 0.407 e. The van der Waals surface area contributed by atoms with Crippen molar-refractivity contribution >= 4 is 40.2 Å². The third kappa shape index (κ3) is 4.96. The molecule has 1 fully saturated rings. The van der Waals surface area contributed by atoms with E-state index < -0.39 is 11.7 Å². The van der Waals surface area contributed by atoms with Gasteiger partial charge in [0.15, 0.2) is 0 Å². The lowest BCUT2D eigenvalue weighted by Gasteiger charge is -2.27. The van der Waals surface area contributed by atoms with Crippen molar-refractivity contribution in [3.05, 3.63) is 42.0 Å². The Morgan fingerprint density at radius 1 is 1.21 bits per heavy atom. The fraction of sp³-hybridized carbons (Fsp3) is 0.455. The smallest absolute Gasteiger partial charge is 0.407 e. The van der Waals surface area contributed by atoms with Crippen LogP contribution in [0, 0.1) is 0 Å². The number of hydrogen-bond donors (Lipinski definition) is 1. The Bertz CT molecular complexity index is 908. The molecule has 2 aromatic rings. The van der Waals surface area contributed by atoms with Crippen LogP contribution in [0.5, 0.6) is 0 Å². The number of nitrogens with one attached hydrogen (secondary N) is 1. The summed E-state index contributed by atoms with van der Waals surface area (Å²) in [4.78, 5) is 28.4. The third-order valence-corrected chi connectivity index (χ3v) is 5.91. The Balaban J connectivity index is 1.79. The number of rotatable bonds is 5. The number of fused-ring (bicyclic) bond motifs is 1. The van der Waals surface area contributed by atoms with Gasteiger partial charge in [0.2, 0.25) is 5.91 Å². The average Bonchev–Trinajstić information content (AvgIpc) is 2.99. The molecule has 2 amide bonds. The first kappa shape index (κ1) is 21.3. The van der Waals surface area contributed by atoms with E-state index >= 15 is 0 Å². The van der Waals surface area contributed by atoms with Crippen LogP contribution in [0.15, 0.2) is 36.4 Å². The predicted octanol–water partition coefficient (Wildman–Crippen LogP) is 4.00. The molecule has 0 radical (unpaired) electrons. The SMILES string of the molecule is CN(C)c1ccc(C2SCC(=O)N2CCNC(=O)OC(C)(C)C)c2ccccc12. The summed E-state index contributed by atoms with van der Waals surface area (Å²) in [6.07, 6.45) is -0.464. The zero-order valence-electron chi connectivity index (χ0n) is 17.7. The fourth-order valence-corrected chi connectivity index (χ4v) is 4.71. The minimum absolute atomic E-state index is 0.0657. The van der Waals surface area contributed by atoms with Crippen LogP contribution in [0.2, 0.25) is 0 Å². The fourth-order valence-electron chi connectivity index (χ4n) is 3.46. The first-order chi connectivity index (χ1) is 13.7. The molecule has 1 heterocycles. The molecule has 0 saturated carbocycles. The van der Waals surface area contributed by atoms with E-state index in [0.717, 1.165) is 16.6 Å². The van der Waals surface area contributed by atoms with E-state index in [1.54, 1.807) is 11.8 Å². The summed E-state index contributed by atoms with van der Waals surface area (Å²) in [6.45, 7) is 6.27. The summed E-state index contributed by atoms with van der Waals surface area (Å²) in [7, 11) is 4.06. The Morgan fingerprint density at radius 2 is 1.90 bits per heavy atom. The number of carbonyl (C=O) groups excluding carboxylic acids is 2. The highest BCUT2D eigenvalue weighted by Gasteiger charge is 2.33. The van der Waals surface area contributed by atoms with Gasteiger partial charge >= 0.3 is 6.09 Å². The molecule has 1 atom stereocenters. The Hall–Kier alpha value is -2.41. The summed E-state index contributed by atoms with van der Waals surface area (Å²) in [5.74, 6) is 0.535. The number of ether oxygens (including phenoxy) is 1. The zero-order valence-corrected chi connectivity index (χ0v) is 18.5. The van der Waals surface area contributed by atoms with Crippen molar-refractivity contribution in [1.29, 1.82) is 0 Å². The molecule has 1 aliphatic rings. The number of alkyl carbamates (subject to hydrolysis) is 1. The zero-order chi connectivity index (χ0) is 21.2. The van der Waals surface area contributed by atoms with Crippen LogP contribution in [-0.2, 0) is 9.53 Å². The number of nitrogens with zero attached hydrogens (tertiary/aromatic N) is 2. The minimum Gasteiger partial charge on any atom is -0.444 e. The van der Waals surface area contributed by atoms with E-state index in [1.807, 2.05) is 51.9 Å². The van der Waals surface area contributed by atoms with Gasteiger partial charge in [0.1, 0.15) is 11.0 Å². The molecular formula is C22H29N3O3S. The van der Waals surface area contributed by atoms with Gasteiger partial charge in [-0.05, 0) is 37.8 Å². The van der Waals surface area contributed by atoms with E-state index in [2.05, 4.69) is 34.5 Å². The lowest BCUT2D eigenvalue weighted by molar-refractivity contribution is -0.128. The van der Waals surface area contributed by atoms with Gasteiger partial charge in [0, 0.05) is 38.3 Å². The highest BCUT2D eigenvalue weighted by molar-refractivity contribution is 8.00. The molecule has 29 heavy (non-hydrogen) atoms. The second kappa shape index (κ2) is 8.53. The number of benzene rings is 2. The first-order valence-corrected chi connectivity index (χ1v) is 10.8. The predicted molar refractivity (Wildman–Crippen MR) is 119 cm³/mol. The lowest BCUT2D eigenvalue weighted by Crippen LogP contribution is -2.39. The van der Waals surface area contributed by atoms with Crippen molar-refractivity contribution in [2.75, 3.05) is 37.8 Å². The Morgan fingerprint density at radius 3 is 2.55 bits per heavy atom. The molecule has 1 aliphatic heterocycles. The van der Waals surface area contributed by atoms with Gasteiger partial charge in [-0.1, -0.05) is 30.3 Å². The molecule has 1 saturated heterocycles. The number of hydrogen-bond acceptors (Lipinski definition) is 5. The van der Waals surface area contributed by atoms with Crippen LogP contribution in [0.1, 0.15) is 31.7 Å². The highest BCUT2D eigenvalue weighted by atomic mass is 32.2. The molecule has 0 aromatic heterocycles. The Kier molecular flexibility index (Phi) is 6.27. The van der Waals surface area contributed by atoms with Gasteiger partial charge in [-0.3, -0.25) is 4.79 Å². The number of carbonyl (C=O) groups is 2. The van der Waals surface area contributed by atoms with Crippen LogP contribution in [0.25, 0.3) is 10.8 Å². The van der Waals surface area contributed by atoms with E-state index in [9.17, 15) is 9.59 Å². The van der Waals surface area contributed by atoms with Crippen LogP contribution >= 0.6 is 11.8 Å². The maximum atomic E-state index is 12.5. The largest absolute Gasteiger partial charge is 0.444 e. The molecule has 7 heteroatoms. The van der Waals surface area contributed by atoms with Crippen LogP contribution < -0.4 is 10.2 Å². The highest BCUT2D eigenvalue weighted by Crippen LogP contribution is 2.42. The molecule has 2 aromatic carbocycles. The number of amides is 2.